The van der Waals surface area contributed by atoms with E-state index in [4.69, 9.17) is 5.26 Å². The predicted octanol–water partition coefficient (Wildman–Crippen LogP) is 2.46. The summed E-state index contributed by atoms with van der Waals surface area (Å²) < 4.78 is 0. The van der Waals surface area contributed by atoms with Crippen molar-refractivity contribution in [2.45, 2.75) is 13.0 Å². The van der Waals surface area contributed by atoms with Crippen molar-refractivity contribution in [1.29, 1.82) is 5.26 Å². The van der Waals surface area contributed by atoms with Crippen molar-refractivity contribution in [3.63, 3.8) is 0 Å². The van der Waals surface area contributed by atoms with E-state index in [1.807, 2.05) is 18.2 Å². The van der Waals surface area contributed by atoms with Crippen LogP contribution in [0, 0.1) is 11.3 Å². The van der Waals surface area contributed by atoms with Crippen molar-refractivity contribution in [3.8, 4) is 6.07 Å². The molecule has 90 valence electrons. The Morgan fingerprint density at radius 1 is 1.33 bits per heavy atom. The summed E-state index contributed by atoms with van der Waals surface area (Å²) in [6.07, 6.45) is 1.52. The highest BCUT2D eigenvalue weighted by Crippen LogP contribution is 2.18. The maximum absolute atomic E-state index is 10.2. The lowest BCUT2D eigenvalue weighted by atomic mass is 10.1. The number of benzene rings is 1. The molecule has 1 heterocycles. The summed E-state index contributed by atoms with van der Waals surface area (Å²) in [6.45, 7) is 0.576. The van der Waals surface area contributed by atoms with E-state index in [1.54, 1.807) is 17.4 Å². The van der Waals surface area contributed by atoms with E-state index in [-0.39, 0.29) is 0 Å². The van der Waals surface area contributed by atoms with E-state index in [0.717, 1.165) is 16.9 Å². The number of nitrogens with one attached hydrogen (secondary N) is 1. The number of carbonyl (C=O) groups excluding carboxylic acids is 1. The molecule has 18 heavy (non-hydrogen) atoms. The minimum absolute atomic E-state index is 0.576. The molecule has 1 N–H and O–H groups in total. The summed E-state index contributed by atoms with van der Waals surface area (Å²) in [6, 6.07) is 11.8. The molecule has 0 unspecified atom stereocenters. The van der Waals surface area contributed by atoms with Gasteiger partial charge < -0.3 is 5.32 Å². The van der Waals surface area contributed by atoms with Gasteiger partial charge in [-0.2, -0.15) is 5.26 Å². The molecule has 0 bridgehead atoms. The Labute approximate surface area is 110 Å². The van der Waals surface area contributed by atoms with Gasteiger partial charge in [0.25, 0.3) is 0 Å². The van der Waals surface area contributed by atoms with Crippen LogP contribution in [0.3, 0.4) is 0 Å². The number of amides is 1. The highest BCUT2D eigenvalue weighted by Gasteiger charge is 2.02. The standard InChI is InChI=1S/C14H12N2OS/c15-7-12-3-1-2-11(4-12)5-13-6-14(18-9-13)8-16-10-17/h1-4,6,9-10H,5,8H2,(H,16,17). The smallest absolute Gasteiger partial charge is 0.207 e. The maximum atomic E-state index is 10.2. The molecule has 0 aliphatic carbocycles. The Morgan fingerprint density at radius 3 is 3.00 bits per heavy atom. The van der Waals surface area contributed by atoms with Gasteiger partial charge in [0.2, 0.25) is 6.41 Å². The molecule has 2 aromatic rings. The fraction of sp³-hybridized carbons (Fsp3) is 0.143. The molecule has 3 nitrogen and oxygen atoms in total. The van der Waals surface area contributed by atoms with Crippen molar-refractivity contribution >= 4 is 17.7 Å². The molecule has 0 saturated carbocycles. The largest absolute Gasteiger partial charge is 0.354 e. The van der Waals surface area contributed by atoms with Gasteiger partial charge in [0.15, 0.2) is 0 Å². The number of nitriles is 1. The molecule has 0 saturated heterocycles. The first kappa shape index (κ1) is 12.3. The van der Waals surface area contributed by atoms with E-state index < -0.39 is 0 Å². The van der Waals surface area contributed by atoms with Crippen molar-refractivity contribution in [1.82, 2.24) is 5.32 Å². The second-order valence-electron chi connectivity index (χ2n) is 3.91. The molecular formula is C14H12N2OS. The van der Waals surface area contributed by atoms with Gasteiger partial charge in [-0.15, -0.1) is 11.3 Å². The summed E-state index contributed by atoms with van der Waals surface area (Å²) in [4.78, 5) is 11.3. The van der Waals surface area contributed by atoms with Crippen LogP contribution in [0.2, 0.25) is 0 Å². The van der Waals surface area contributed by atoms with Gasteiger partial charge in [0.1, 0.15) is 0 Å². The lowest BCUT2D eigenvalue weighted by molar-refractivity contribution is -0.109. The lowest BCUT2D eigenvalue weighted by Crippen LogP contribution is -2.08. The summed E-state index contributed by atoms with van der Waals surface area (Å²) >= 11 is 1.63. The Morgan fingerprint density at radius 2 is 2.22 bits per heavy atom. The van der Waals surface area contributed by atoms with Gasteiger partial charge in [-0.1, -0.05) is 12.1 Å². The number of hydrogen-bond acceptors (Lipinski definition) is 3. The van der Waals surface area contributed by atoms with Crippen LogP contribution in [-0.2, 0) is 17.8 Å². The predicted molar refractivity (Wildman–Crippen MR) is 71.2 cm³/mol. The van der Waals surface area contributed by atoms with Gasteiger partial charge in [0.05, 0.1) is 18.2 Å². The quantitative estimate of drug-likeness (QED) is 0.835. The average Bonchev–Trinajstić information content (AvgIpc) is 2.84. The summed E-state index contributed by atoms with van der Waals surface area (Å²) in [5, 5.41) is 13.6. The minimum atomic E-state index is 0.576. The summed E-state index contributed by atoms with van der Waals surface area (Å²) in [5.41, 5.74) is 3.02. The highest BCUT2D eigenvalue weighted by molar-refractivity contribution is 7.10. The van der Waals surface area contributed by atoms with Crippen molar-refractivity contribution in [2.24, 2.45) is 0 Å². The number of carbonyl (C=O) groups is 1. The maximum Gasteiger partial charge on any atom is 0.207 e. The molecule has 0 spiro atoms. The van der Waals surface area contributed by atoms with Crippen molar-refractivity contribution in [3.05, 3.63) is 57.3 Å². The van der Waals surface area contributed by atoms with E-state index in [2.05, 4.69) is 22.8 Å². The molecule has 0 aliphatic rings. The second kappa shape index (κ2) is 5.99. The molecule has 4 heteroatoms. The highest BCUT2D eigenvalue weighted by atomic mass is 32.1. The number of nitrogens with zero attached hydrogens (tertiary/aromatic N) is 1. The topological polar surface area (TPSA) is 52.9 Å². The molecule has 0 fully saturated rings. The Bertz CT molecular complexity index is 583. The van der Waals surface area contributed by atoms with Crippen molar-refractivity contribution in [2.75, 3.05) is 0 Å². The molecule has 1 aromatic carbocycles. The SMILES string of the molecule is N#Cc1cccc(Cc2csc(CNC=O)c2)c1. The lowest BCUT2D eigenvalue weighted by Gasteiger charge is -1.99. The van der Waals surface area contributed by atoms with Crippen LogP contribution in [0.5, 0.6) is 0 Å². The monoisotopic (exact) mass is 256 g/mol. The van der Waals surface area contributed by atoms with Crippen LogP contribution < -0.4 is 5.32 Å². The van der Waals surface area contributed by atoms with Crippen LogP contribution in [-0.4, -0.2) is 6.41 Å². The number of thiophene rings is 1. The molecule has 0 atom stereocenters. The van der Waals surface area contributed by atoms with E-state index in [1.165, 1.54) is 5.56 Å². The van der Waals surface area contributed by atoms with Crippen LogP contribution in [0.25, 0.3) is 0 Å². The van der Waals surface area contributed by atoms with Crippen LogP contribution in [0.1, 0.15) is 21.6 Å². The fourth-order valence-electron chi connectivity index (χ4n) is 1.74. The Kier molecular flexibility index (Phi) is 4.11. The van der Waals surface area contributed by atoms with Crippen molar-refractivity contribution < 1.29 is 4.79 Å². The molecule has 1 amide bonds. The second-order valence-corrected chi connectivity index (χ2v) is 4.90. The molecule has 1 aromatic heterocycles. The fourth-order valence-corrected chi connectivity index (χ4v) is 2.58. The normalized spacial score (nSPS) is 9.72. The first-order valence-electron chi connectivity index (χ1n) is 5.54. The Balaban J connectivity index is 2.06. The first-order chi connectivity index (χ1) is 8.81. The zero-order valence-corrected chi connectivity index (χ0v) is 10.5. The third kappa shape index (κ3) is 3.19. The third-order valence-electron chi connectivity index (χ3n) is 2.53. The van der Waals surface area contributed by atoms with Crippen LogP contribution in [0.4, 0.5) is 0 Å². The van der Waals surface area contributed by atoms with E-state index in [0.29, 0.717) is 18.5 Å². The Hall–Kier alpha value is -2.12. The van der Waals surface area contributed by atoms with Gasteiger partial charge in [-0.05, 0) is 41.1 Å². The number of hydrogen-bond donors (Lipinski definition) is 1. The van der Waals surface area contributed by atoms with E-state index in [9.17, 15) is 4.79 Å². The van der Waals surface area contributed by atoms with Gasteiger partial charge in [0, 0.05) is 4.88 Å². The zero-order chi connectivity index (χ0) is 12.8. The zero-order valence-electron chi connectivity index (χ0n) is 9.72. The first-order valence-corrected chi connectivity index (χ1v) is 6.42. The third-order valence-corrected chi connectivity index (χ3v) is 3.52. The van der Waals surface area contributed by atoms with Crippen LogP contribution in [0.15, 0.2) is 35.7 Å². The summed E-state index contributed by atoms with van der Waals surface area (Å²) in [7, 11) is 0. The van der Waals surface area contributed by atoms with Gasteiger partial charge >= 0.3 is 0 Å². The average molecular weight is 256 g/mol. The van der Waals surface area contributed by atoms with Gasteiger partial charge in [-0.25, -0.2) is 0 Å². The molecule has 0 aliphatic heterocycles. The minimum Gasteiger partial charge on any atom is -0.354 e. The molecule has 0 radical (unpaired) electrons. The summed E-state index contributed by atoms with van der Waals surface area (Å²) in [5.74, 6) is 0. The van der Waals surface area contributed by atoms with Gasteiger partial charge in [-0.3, -0.25) is 4.79 Å². The molecule has 2 rings (SSSR count). The van der Waals surface area contributed by atoms with Crippen LogP contribution >= 0.6 is 11.3 Å². The van der Waals surface area contributed by atoms with E-state index >= 15 is 0 Å². The number of rotatable bonds is 5. The molecular weight excluding hydrogens is 244 g/mol.